The van der Waals surface area contributed by atoms with E-state index in [9.17, 15) is 4.79 Å². The Bertz CT molecular complexity index is 379. The summed E-state index contributed by atoms with van der Waals surface area (Å²) in [6, 6.07) is -0.0594. The number of nitrogens with two attached hydrogens (primary N) is 1. The molecule has 1 fully saturated rings. The lowest BCUT2D eigenvalue weighted by Crippen LogP contribution is -2.37. The summed E-state index contributed by atoms with van der Waals surface area (Å²) in [5, 5.41) is 3.04. The number of nitrogens with zero attached hydrogens (tertiary/aromatic N) is 3. The zero-order valence-corrected chi connectivity index (χ0v) is 11.5. The van der Waals surface area contributed by atoms with E-state index in [4.69, 9.17) is 5.73 Å². The summed E-state index contributed by atoms with van der Waals surface area (Å²) in [4.78, 5) is 20.5. The lowest BCUT2D eigenvalue weighted by atomic mass is 10.2. The second-order valence-electron chi connectivity index (χ2n) is 4.72. The van der Waals surface area contributed by atoms with E-state index in [1.54, 1.807) is 11.3 Å². The monoisotopic (exact) mass is 268 g/mol. The Morgan fingerprint density at radius 3 is 3.00 bits per heavy atom. The van der Waals surface area contributed by atoms with Gasteiger partial charge in [-0.2, -0.15) is 0 Å². The summed E-state index contributed by atoms with van der Waals surface area (Å²) in [5.41, 5.74) is 5.68. The molecule has 6 heteroatoms. The van der Waals surface area contributed by atoms with E-state index in [1.807, 2.05) is 23.4 Å². The molecule has 5 nitrogen and oxygen atoms in total. The van der Waals surface area contributed by atoms with Gasteiger partial charge in [0.15, 0.2) is 5.13 Å². The van der Waals surface area contributed by atoms with Gasteiger partial charge in [0.1, 0.15) is 0 Å². The number of carbonyl (C=O) groups is 1. The van der Waals surface area contributed by atoms with Crippen LogP contribution >= 0.6 is 11.3 Å². The maximum atomic E-state index is 12.0. The third-order valence-corrected chi connectivity index (χ3v) is 3.87. The number of anilines is 1. The summed E-state index contributed by atoms with van der Waals surface area (Å²) < 4.78 is 0. The van der Waals surface area contributed by atoms with Crippen LogP contribution < -0.4 is 10.6 Å². The number of hydrogen-bond donors (Lipinski definition) is 1. The standard InChI is InChI=1S/C12H20N4OS/c1-10(13)9-11(17)15-4-2-5-16(7-6-15)12-14-3-8-18-12/h3,8,10H,2,4-7,9,13H2,1H3. The zero-order chi connectivity index (χ0) is 13.0. The number of hydrogen-bond acceptors (Lipinski definition) is 5. The minimum Gasteiger partial charge on any atom is -0.346 e. The summed E-state index contributed by atoms with van der Waals surface area (Å²) >= 11 is 1.65. The van der Waals surface area contributed by atoms with Gasteiger partial charge < -0.3 is 15.5 Å². The molecule has 1 aromatic rings. The molecule has 0 aliphatic carbocycles. The summed E-state index contributed by atoms with van der Waals surface area (Å²) in [6.07, 6.45) is 3.26. The van der Waals surface area contributed by atoms with Gasteiger partial charge in [-0.15, -0.1) is 11.3 Å². The quantitative estimate of drug-likeness (QED) is 0.885. The Labute approximate surface area is 112 Å². The topological polar surface area (TPSA) is 62.5 Å². The fraction of sp³-hybridized carbons (Fsp3) is 0.667. The van der Waals surface area contributed by atoms with E-state index in [0.29, 0.717) is 6.42 Å². The van der Waals surface area contributed by atoms with E-state index < -0.39 is 0 Å². The SMILES string of the molecule is CC(N)CC(=O)N1CCCN(c2nccs2)CC1. The summed E-state index contributed by atoms with van der Waals surface area (Å²) in [6.45, 7) is 5.30. The highest BCUT2D eigenvalue weighted by Crippen LogP contribution is 2.19. The molecule has 0 aromatic carbocycles. The number of thiazole rings is 1. The Hall–Kier alpha value is -1.14. The van der Waals surface area contributed by atoms with Crippen LogP contribution in [0.15, 0.2) is 11.6 Å². The number of carbonyl (C=O) groups excluding carboxylic acids is 1. The molecule has 2 N–H and O–H groups in total. The van der Waals surface area contributed by atoms with E-state index >= 15 is 0 Å². The van der Waals surface area contributed by atoms with Crippen molar-refractivity contribution in [1.82, 2.24) is 9.88 Å². The van der Waals surface area contributed by atoms with Gasteiger partial charge in [0.25, 0.3) is 0 Å². The Morgan fingerprint density at radius 1 is 1.50 bits per heavy atom. The van der Waals surface area contributed by atoms with E-state index in [0.717, 1.165) is 37.7 Å². The van der Waals surface area contributed by atoms with E-state index in [1.165, 1.54) is 0 Å². The molecule has 1 unspecified atom stereocenters. The molecule has 1 aliphatic rings. The van der Waals surface area contributed by atoms with E-state index in [2.05, 4.69) is 9.88 Å². The molecular formula is C12H20N4OS. The fourth-order valence-corrected chi connectivity index (χ4v) is 2.83. The minimum absolute atomic E-state index is 0.0594. The number of rotatable bonds is 3. The molecule has 1 saturated heterocycles. The van der Waals surface area contributed by atoms with Crippen LogP contribution in [-0.4, -0.2) is 48.0 Å². The first-order valence-electron chi connectivity index (χ1n) is 6.34. The first-order valence-corrected chi connectivity index (χ1v) is 7.22. The van der Waals surface area contributed by atoms with Crippen molar-refractivity contribution >= 4 is 22.4 Å². The maximum Gasteiger partial charge on any atom is 0.224 e. The molecule has 1 aliphatic heterocycles. The molecule has 18 heavy (non-hydrogen) atoms. The Kier molecular flexibility index (Phi) is 4.54. The molecule has 0 radical (unpaired) electrons. The maximum absolute atomic E-state index is 12.0. The highest BCUT2D eigenvalue weighted by Gasteiger charge is 2.20. The van der Waals surface area contributed by atoms with Crippen LogP contribution in [0.2, 0.25) is 0 Å². The van der Waals surface area contributed by atoms with Gasteiger partial charge in [-0.05, 0) is 13.3 Å². The predicted octanol–water partition coefficient (Wildman–Crippen LogP) is 0.919. The molecule has 1 amide bonds. The largest absolute Gasteiger partial charge is 0.346 e. The van der Waals surface area contributed by atoms with Crippen molar-refractivity contribution in [1.29, 1.82) is 0 Å². The zero-order valence-electron chi connectivity index (χ0n) is 10.7. The molecule has 2 heterocycles. The first-order chi connectivity index (χ1) is 8.66. The van der Waals surface area contributed by atoms with Gasteiger partial charge in [-0.3, -0.25) is 4.79 Å². The molecule has 2 rings (SSSR count). The molecule has 100 valence electrons. The highest BCUT2D eigenvalue weighted by atomic mass is 32.1. The van der Waals surface area contributed by atoms with Crippen LogP contribution in [0.3, 0.4) is 0 Å². The van der Waals surface area contributed by atoms with Crippen molar-refractivity contribution in [2.45, 2.75) is 25.8 Å². The number of amides is 1. The lowest BCUT2D eigenvalue weighted by molar-refractivity contribution is -0.131. The van der Waals surface area contributed by atoms with Crippen molar-refractivity contribution in [3.8, 4) is 0 Å². The van der Waals surface area contributed by atoms with Gasteiger partial charge in [0, 0.05) is 50.2 Å². The van der Waals surface area contributed by atoms with Crippen LogP contribution in [0, 0.1) is 0 Å². The molecule has 0 spiro atoms. The summed E-state index contributed by atoms with van der Waals surface area (Å²) in [5.74, 6) is 0.172. The third-order valence-electron chi connectivity index (χ3n) is 3.04. The predicted molar refractivity (Wildman–Crippen MR) is 73.8 cm³/mol. The normalized spacial score (nSPS) is 18.6. The van der Waals surface area contributed by atoms with Gasteiger partial charge in [-0.25, -0.2) is 4.98 Å². The van der Waals surface area contributed by atoms with Crippen molar-refractivity contribution in [2.24, 2.45) is 5.73 Å². The van der Waals surface area contributed by atoms with Crippen LogP contribution in [0.25, 0.3) is 0 Å². The Balaban J connectivity index is 1.90. The molecule has 0 bridgehead atoms. The molecule has 0 saturated carbocycles. The minimum atomic E-state index is -0.0594. The first kappa shape index (κ1) is 13.3. The van der Waals surface area contributed by atoms with Crippen LogP contribution in [-0.2, 0) is 4.79 Å². The average molecular weight is 268 g/mol. The smallest absolute Gasteiger partial charge is 0.224 e. The van der Waals surface area contributed by atoms with Gasteiger partial charge >= 0.3 is 0 Å². The average Bonchev–Trinajstić information content (AvgIpc) is 2.72. The summed E-state index contributed by atoms with van der Waals surface area (Å²) in [7, 11) is 0. The van der Waals surface area contributed by atoms with E-state index in [-0.39, 0.29) is 11.9 Å². The van der Waals surface area contributed by atoms with Crippen molar-refractivity contribution in [3.63, 3.8) is 0 Å². The third kappa shape index (κ3) is 3.43. The van der Waals surface area contributed by atoms with Crippen molar-refractivity contribution in [2.75, 3.05) is 31.1 Å². The van der Waals surface area contributed by atoms with Gasteiger partial charge in [0.05, 0.1) is 0 Å². The Morgan fingerprint density at radius 2 is 2.33 bits per heavy atom. The van der Waals surface area contributed by atoms with Gasteiger partial charge in [0.2, 0.25) is 5.91 Å². The van der Waals surface area contributed by atoms with Crippen molar-refractivity contribution < 1.29 is 4.79 Å². The lowest BCUT2D eigenvalue weighted by Gasteiger charge is -2.22. The van der Waals surface area contributed by atoms with Crippen LogP contribution in [0.5, 0.6) is 0 Å². The fourth-order valence-electron chi connectivity index (χ4n) is 2.13. The second-order valence-corrected chi connectivity index (χ2v) is 5.59. The van der Waals surface area contributed by atoms with Crippen molar-refractivity contribution in [3.05, 3.63) is 11.6 Å². The molecular weight excluding hydrogens is 248 g/mol. The van der Waals surface area contributed by atoms with Crippen LogP contribution in [0.1, 0.15) is 19.8 Å². The number of aromatic nitrogens is 1. The van der Waals surface area contributed by atoms with Gasteiger partial charge in [-0.1, -0.05) is 0 Å². The molecule has 1 atom stereocenters. The molecule has 1 aromatic heterocycles. The second kappa shape index (κ2) is 6.15. The van der Waals surface area contributed by atoms with Crippen LogP contribution in [0.4, 0.5) is 5.13 Å². The highest BCUT2D eigenvalue weighted by molar-refractivity contribution is 7.13.